The van der Waals surface area contributed by atoms with E-state index in [1.54, 1.807) is 12.4 Å². The van der Waals surface area contributed by atoms with Gasteiger partial charge in [0.1, 0.15) is 0 Å². The van der Waals surface area contributed by atoms with Crippen LogP contribution in [0.2, 0.25) is 0 Å². The second-order valence-corrected chi connectivity index (χ2v) is 3.49. The highest BCUT2D eigenvalue weighted by Crippen LogP contribution is 2.19. The molecule has 1 unspecified atom stereocenters. The van der Waals surface area contributed by atoms with E-state index < -0.39 is 0 Å². The molecule has 70 valence electrons. The lowest BCUT2D eigenvalue weighted by Gasteiger charge is -2.13. The molecule has 0 aliphatic carbocycles. The molecule has 1 aliphatic rings. The first-order valence-electron chi connectivity index (χ1n) is 4.96. The molecular formula is C10H15N3. The Bertz CT molecular complexity index is 240. The van der Waals surface area contributed by atoms with Crippen molar-refractivity contribution in [3.63, 3.8) is 0 Å². The van der Waals surface area contributed by atoms with Crippen molar-refractivity contribution in [2.75, 3.05) is 6.54 Å². The third kappa shape index (κ3) is 2.25. The summed E-state index contributed by atoms with van der Waals surface area (Å²) in [5.74, 6) is 0. The Morgan fingerprint density at radius 2 is 2.23 bits per heavy atom. The second-order valence-electron chi connectivity index (χ2n) is 3.49. The molecule has 1 aliphatic heterocycles. The van der Waals surface area contributed by atoms with Gasteiger partial charge in [0.2, 0.25) is 0 Å². The molecule has 2 heterocycles. The third-order valence-corrected chi connectivity index (χ3v) is 2.50. The van der Waals surface area contributed by atoms with Crippen molar-refractivity contribution in [1.29, 1.82) is 0 Å². The van der Waals surface area contributed by atoms with Crippen molar-refractivity contribution in [3.8, 4) is 0 Å². The molecule has 1 atom stereocenters. The van der Waals surface area contributed by atoms with E-state index in [4.69, 9.17) is 0 Å². The average Bonchev–Trinajstić information content (AvgIpc) is 2.47. The molecule has 0 saturated carbocycles. The van der Waals surface area contributed by atoms with Crippen LogP contribution >= 0.6 is 0 Å². The van der Waals surface area contributed by atoms with E-state index in [0.717, 1.165) is 12.2 Å². The summed E-state index contributed by atoms with van der Waals surface area (Å²) < 4.78 is 0. The minimum atomic E-state index is 0.427. The average molecular weight is 177 g/mol. The summed E-state index contributed by atoms with van der Waals surface area (Å²) in [7, 11) is 0. The van der Waals surface area contributed by atoms with Crippen molar-refractivity contribution in [2.24, 2.45) is 0 Å². The number of hydrogen-bond acceptors (Lipinski definition) is 3. The summed E-state index contributed by atoms with van der Waals surface area (Å²) in [5.41, 5.74) is 1.09. The number of nitrogens with zero attached hydrogens (tertiary/aromatic N) is 2. The lowest BCUT2D eigenvalue weighted by atomic mass is 10.1. The van der Waals surface area contributed by atoms with E-state index in [-0.39, 0.29) is 0 Å². The van der Waals surface area contributed by atoms with Crippen molar-refractivity contribution in [2.45, 2.75) is 31.7 Å². The number of hydrogen-bond donors (Lipinski definition) is 1. The predicted octanol–water partition coefficient (Wildman–Crippen LogP) is 1.68. The fourth-order valence-electron chi connectivity index (χ4n) is 1.77. The second kappa shape index (κ2) is 4.33. The van der Waals surface area contributed by atoms with E-state index in [0.29, 0.717) is 6.04 Å². The van der Waals surface area contributed by atoms with Gasteiger partial charge in [-0.15, -0.1) is 0 Å². The Hall–Kier alpha value is -0.960. The van der Waals surface area contributed by atoms with E-state index in [1.807, 2.05) is 6.20 Å². The summed E-state index contributed by atoms with van der Waals surface area (Å²) in [6.07, 6.45) is 10.5. The Morgan fingerprint density at radius 1 is 1.23 bits per heavy atom. The van der Waals surface area contributed by atoms with Gasteiger partial charge >= 0.3 is 0 Å². The van der Waals surface area contributed by atoms with Gasteiger partial charge < -0.3 is 5.32 Å². The van der Waals surface area contributed by atoms with Crippen LogP contribution in [0.1, 0.15) is 37.4 Å². The number of nitrogens with one attached hydrogen (secondary N) is 1. The molecule has 0 radical (unpaired) electrons. The zero-order valence-corrected chi connectivity index (χ0v) is 7.74. The third-order valence-electron chi connectivity index (χ3n) is 2.50. The quantitative estimate of drug-likeness (QED) is 0.709. The Labute approximate surface area is 78.6 Å². The van der Waals surface area contributed by atoms with E-state index in [1.165, 1.54) is 25.7 Å². The molecule has 0 bridgehead atoms. The van der Waals surface area contributed by atoms with Crippen LogP contribution in [0.4, 0.5) is 0 Å². The minimum Gasteiger partial charge on any atom is -0.309 e. The molecule has 0 amide bonds. The van der Waals surface area contributed by atoms with Crippen LogP contribution in [0.5, 0.6) is 0 Å². The van der Waals surface area contributed by atoms with Crippen molar-refractivity contribution >= 4 is 0 Å². The van der Waals surface area contributed by atoms with Crippen LogP contribution in [0.25, 0.3) is 0 Å². The molecule has 1 aromatic heterocycles. The van der Waals surface area contributed by atoms with Crippen molar-refractivity contribution in [3.05, 3.63) is 24.3 Å². The highest BCUT2D eigenvalue weighted by molar-refractivity contribution is 5.02. The Kier molecular flexibility index (Phi) is 2.87. The van der Waals surface area contributed by atoms with Gasteiger partial charge in [0.25, 0.3) is 0 Å². The maximum Gasteiger partial charge on any atom is 0.0756 e. The van der Waals surface area contributed by atoms with E-state index in [2.05, 4.69) is 15.3 Å². The molecule has 1 aromatic rings. The summed E-state index contributed by atoms with van der Waals surface area (Å²) in [6.45, 7) is 1.11. The van der Waals surface area contributed by atoms with Crippen LogP contribution in [-0.4, -0.2) is 16.5 Å². The standard InChI is InChI=1S/C10H15N3/c1-2-4-9(12-5-3-1)10-8-11-6-7-13-10/h6-9,12H,1-5H2. The largest absolute Gasteiger partial charge is 0.309 e. The smallest absolute Gasteiger partial charge is 0.0756 e. The van der Waals surface area contributed by atoms with Gasteiger partial charge in [-0.05, 0) is 19.4 Å². The van der Waals surface area contributed by atoms with Crippen LogP contribution < -0.4 is 5.32 Å². The summed E-state index contributed by atoms with van der Waals surface area (Å²) in [6, 6.07) is 0.427. The van der Waals surface area contributed by atoms with Crippen molar-refractivity contribution in [1.82, 2.24) is 15.3 Å². The fraction of sp³-hybridized carbons (Fsp3) is 0.600. The minimum absolute atomic E-state index is 0.427. The van der Waals surface area contributed by atoms with Crippen LogP contribution in [0.15, 0.2) is 18.6 Å². The zero-order chi connectivity index (χ0) is 8.93. The summed E-state index contributed by atoms with van der Waals surface area (Å²) >= 11 is 0. The summed E-state index contributed by atoms with van der Waals surface area (Å²) in [5, 5.41) is 3.50. The van der Waals surface area contributed by atoms with Crippen LogP contribution in [0, 0.1) is 0 Å². The summed E-state index contributed by atoms with van der Waals surface area (Å²) in [4.78, 5) is 8.41. The van der Waals surface area contributed by atoms with Gasteiger partial charge in [-0.3, -0.25) is 9.97 Å². The van der Waals surface area contributed by atoms with Gasteiger partial charge in [-0.2, -0.15) is 0 Å². The first-order chi connectivity index (χ1) is 6.47. The lowest BCUT2D eigenvalue weighted by Crippen LogP contribution is -2.21. The van der Waals surface area contributed by atoms with Gasteiger partial charge in [0.05, 0.1) is 11.7 Å². The first-order valence-corrected chi connectivity index (χ1v) is 4.96. The number of rotatable bonds is 1. The lowest BCUT2D eigenvalue weighted by molar-refractivity contribution is 0.520. The fourth-order valence-corrected chi connectivity index (χ4v) is 1.77. The highest BCUT2D eigenvalue weighted by Gasteiger charge is 2.13. The van der Waals surface area contributed by atoms with Gasteiger partial charge in [0.15, 0.2) is 0 Å². The molecule has 0 aromatic carbocycles. The molecule has 3 nitrogen and oxygen atoms in total. The maximum absolute atomic E-state index is 4.32. The van der Waals surface area contributed by atoms with Crippen LogP contribution in [0.3, 0.4) is 0 Å². The van der Waals surface area contributed by atoms with E-state index in [9.17, 15) is 0 Å². The monoisotopic (exact) mass is 177 g/mol. The SMILES string of the molecule is c1cnc(C2CCCCCN2)cn1. The van der Waals surface area contributed by atoms with Gasteiger partial charge in [-0.1, -0.05) is 12.8 Å². The molecular weight excluding hydrogens is 162 g/mol. The molecule has 3 heteroatoms. The molecule has 1 N–H and O–H groups in total. The molecule has 1 fully saturated rings. The van der Waals surface area contributed by atoms with Gasteiger partial charge in [0, 0.05) is 18.6 Å². The first kappa shape index (κ1) is 8.63. The van der Waals surface area contributed by atoms with Gasteiger partial charge in [-0.25, -0.2) is 0 Å². The number of aromatic nitrogens is 2. The van der Waals surface area contributed by atoms with Crippen LogP contribution in [-0.2, 0) is 0 Å². The Morgan fingerprint density at radius 3 is 3.08 bits per heavy atom. The topological polar surface area (TPSA) is 37.8 Å². The predicted molar refractivity (Wildman–Crippen MR) is 51.2 cm³/mol. The Balaban J connectivity index is 2.06. The van der Waals surface area contributed by atoms with E-state index >= 15 is 0 Å². The molecule has 2 rings (SSSR count). The maximum atomic E-state index is 4.32. The molecule has 13 heavy (non-hydrogen) atoms. The van der Waals surface area contributed by atoms with Crippen molar-refractivity contribution < 1.29 is 0 Å². The molecule has 0 spiro atoms. The highest BCUT2D eigenvalue weighted by atomic mass is 14.9. The molecule has 1 saturated heterocycles. The zero-order valence-electron chi connectivity index (χ0n) is 7.74. The normalized spacial score (nSPS) is 23.8.